The molecule has 1 fully saturated rings. The molecule has 2 aliphatic heterocycles. The zero-order valence-corrected chi connectivity index (χ0v) is 21.2. The van der Waals surface area contributed by atoms with E-state index < -0.39 is 0 Å². The quantitative estimate of drug-likeness (QED) is 0.387. The average Bonchev–Trinajstić information content (AvgIpc) is 3.31. The number of carbonyl (C=O) groups excluding carboxylic acids is 1. The van der Waals surface area contributed by atoms with Gasteiger partial charge < -0.3 is 9.64 Å². The van der Waals surface area contributed by atoms with Crippen LogP contribution in [-0.4, -0.2) is 36.2 Å². The van der Waals surface area contributed by atoms with Crippen molar-refractivity contribution >= 4 is 69.2 Å². The number of fused-ring (bicyclic) bond motifs is 1. The highest BCUT2D eigenvalue weighted by atomic mass is 35.5. The molecular formula is C23H23Cl2N3O2S2. The molecule has 0 saturated carbocycles. The van der Waals surface area contributed by atoms with E-state index in [0.29, 0.717) is 32.4 Å². The van der Waals surface area contributed by atoms with E-state index in [2.05, 4.69) is 18.7 Å². The largest absolute Gasteiger partial charge is 0.497 e. The minimum absolute atomic E-state index is 0.0111. The summed E-state index contributed by atoms with van der Waals surface area (Å²) >= 11 is 15.3. The number of nitrogens with zero attached hydrogens (tertiary/aromatic N) is 3. The second kappa shape index (κ2) is 10.00. The van der Waals surface area contributed by atoms with Gasteiger partial charge >= 0.3 is 0 Å². The van der Waals surface area contributed by atoms with Gasteiger partial charge in [-0.05, 0) is 55.4 Å². The molecule has 0 unspecified atom stereocenters. The zero-order valence-electron chi connectivity index (χ0n) is 18.0. The lowest BCUT2D eigenvalue weighted by molar-refractivity contribution is -0.122. The minimum atomic E-state index is -0.0111. The molecule has 0 aromatic heterocycles. The third-order valence-electron chi connectivity index (χ3n) is 5.15. The summed E-state index contributed by atoms with van der Waals surface area (Å²) < 4.78 is 5.41. The van der Waals surface area contributed by atoms with Crippen LogP contribution in [0.4, 0.5) is 11.4 Å². The van der Waals surface area contributed by atoms with Crippen molar-refractivity contribution in [2.24, 2.45) is 4.99 Å². The maximum Gasteiger partial charge on any atom is 0.269 e. The number of halogens is 2. The van der Waals surface area contributed by atoms with Gasteiger partial charge in [0, 0.05) is 24.1 Å². The predicted octanol–water partition coefficient (Wildman–Crippen LogP) is 7.17. The first-order valence-electron chi connectivity index (χ1n) is 10.4. The molecule has 5 nitrogen and oxygen atoms in total. The number of unbranched alkanes of at least 4 members (excludes halogenated alkanes) is 1. The van der Waals surface area contributed by atoms with Crippen LogP contribution in [0.3, 0.4) is 0 Å². The molecule has 4 rings (SSSR count). The van der Waals surface area contributed by atoms with Crippen LogP contribution < -0.4 is 9.64 Å². The Kier molecular flexibility index (Phi) is 7.30. The van der Waals surface area contributed by atoms with Crippen LogP contribution in [0.25, 0.3) is 0 Å². The first-order chi connectivity index (χ1) is 15.5. The standard InChI is InChI=1S/C23H23Cl2N3O2S2/c1-4-6-11-28-21(29)20(32-23(28)26-14-7-9-16(24)17(25)12-14)22-27(5-2)18-13-15(30-3)8-10-19(18)31-22/h7-10,12-13H,4-6,11H2,1-3H3. The Morgan fingerprint density at radius 2 is 1.84 bits per heavy atom. The van der Waals surface area contributed by atoms with Crippen LogP contribution in [0.5, 0.6) is 5.75 Å². The summed E-state index contributed by atoms with van der Waals surface area (Å²) in [5, 5.41) is 2.51. The van der Waals surface area contributed by atoms with Crippen LogP contribution >= 0.6 is 46.7 Å². The molecule has 2 aromatic rings. The van der Waals surface area contributed by atoms with Crippen LogP contribution in [0, 0.1) is 0 Å². The third kappa shape index (κ3) is 4.49. The maximum absolute atomic E-state index is 13.5. The summed E-state index contributed by atoms with van der Waals surface area (Å²) in [6.07, 6.45) is 1.89. The van der Waals surface area contributed by atoms with Gasteiger partial charge in [0.15, 0.2) is 5.17 Å². The fourth-order valence-electron chi connectivity index (χ4n) is 3.47. The molecule has 0 spiro atoms. The second-order valence-electron chi connectivity index (χ2n) is 7.22. The minimum Gasteiger partial charge on any atom is -0.497 e. The number of aliphatic imine (C=N–C) groups is 1. The smallest absolute Gasteiger partial charge is 0.269 e. The lowest BCUT2D eigenvalue weighted by Gasteiger charge is -2.19. The van der Waals surface area contributed by atoms with Gasteiger partial charge in [0.1, 0.15) is 15.7 Å². The molecule has 168 valence electrons. The number of benzene rings is 2. The maximum atomic E-state index is 13.5. The van der Waals surface area contributed by atoms with Crippen molar-refractivity contribution in [1.29, 1.82) is 0 Å². The Morgan fingerprint density at radius 1 is 1.03 bits per heavy atom. The van der Waals surface area contributed by atoms with Gasteiger partial charge in [-0.3, -0.25) is 9.69 Å². The molecule has 2 aromatic carbocycles. The number of thioether (sulfide) groups is 2. The first kappa shape index (κ1) is 23.4. The van der Waals surface area contributed by atoms with Gasteiger partial charge in [-0.25, -0.2) is 4.99 Å². The van der Waals surface area contributed by atoms with E-state index in [9.17, 15) is 4.79 Å². The number of carbonyl (C=O) groups is 1. The van der Waals surface area contributed by atoms with Gasteiger partial charge in [0.2, 0.25) is 0 Å². The number of ether oxygens (including phenoxy) is 1. The number of amides is 1. The van der Waals surface area contributed by atoms with E-state index in [1.165, 1.54) is 11.8 Å². The number of methoxy groups -OCH3 is 1. The fourth-order valence-corrected chi connectivity index (χ4v) is 6.16. The van der Waals surface area contributed by atoms with Crippen LogP contribution in [-0.2, 0) is 4.79 Å². The van der Waals surface area contributed by atoms with Gasteiger partial charge in [-0.2, -0.15) is 0 Å². The van der Waals surface area contributed by atoms with Gasteiger partial charge in [0.05, 0.1) is 28.5 Å². The SMILES string of the molecule is CCCCN1C(=O)C(=C2Sc3ccc(OC)cc3N2CC)SC1=Nc1ccc(Cl)c(Cl)c1. The van der Waals surface area contributed by atoms with Crippen molar-refractivity contribution < 1.29 is 9.53 Å². The lowest BCUT2D eigenvalue weighted by Crippen LogP contribution is -2.30. The summed E-state index contributed by atoms with van der Waals surface area (Å²) in [4.78, 5) is 24.0. The lowest BCUT2D eigenvalue weighted by atomic mass is 10.2. The molecule has 0 aliphatic carbocycles. The molecule has 32 heavy (non-hydrogen) atoms. The van der Waals surface area contributed by atoms with Crippen LogP contribution in [0.2, 0.25) is 10.0 Å². The number of anilines is 1. The highest BCUT2D eigenvalue weighted by Gasteiger charge is 2.39. The average molecular weight is 508 g/mol. The van der Waals surface area contributed by atoms with E-state index >= 15 is 0 Å². The predicted molar refractivity (Wildman–Crippen MR) is 137 cm³/mol. The second-order valence-corrected chi connectivity index (χ2v) is 10.0. The Hall–Kier alpha value is -1.80. The van der Waals surface area contributed by atoms with E-state index in [0.717, 1.165) is 40.7 Å². The molecule has 1 amide bonds. The number of amidine groups is 1. The summed E-state index contributed by atoms with van der Waals surface area (Å²) in [5.74, 6) is 0.786. The first-order valence-corrected chi connectivity index (χ1v) is 12.8. The molecule has 0 radical (unpaired) electrons. The molecule has 0 bridgehead atoms. The summed E-state index contributed by atoms with van der Waals surface area (Å²) in [6, 6.07) is 11.2. The number of hydrogen-bond acceptors (Lipinski definition) is 6. The highest BCUT2D eigenvalue weighted by Crippen LogP contribution is 2.51. The highest BCUT2D eigenvalue weighted by molar-refractivity contribution is 8.19. The van der Waals surface area contributed by atoms with Crippen molar-refractivity contribution in [3.8, 4) is 5.75 Å². The van der Waals surface area contributed by atoms with Crippen LogP contribution in [0.1, 0.15) is 26.7 Å². The number of rotatable bonds is 6. The normalized spacial score (nSPS) is 19.3. The molecule has 2 heterocycles. The molecule has 2 aliphatic rings. The Morgan fingerprint density at radius 3 is 2.53 bits per heavy atom. The Labute approximate surface area is 206 Å². The molecule has 0 N–H and O–H groups in total. The summed E-state index contributed by atoms with van der Waals surface area (Å²) in [7, 11) is 1.66. The van der Waals surface area contributed by atoms with Crippen molar-refractivity contribution in [2.75, 3.05) is 25.1 Å². The Bertz CT molecular complexity index is 1120. The fraction of sp³-hybridized carbons (Fsp3) is 0.304. The molecule has 1 saturated heterocycles. The van der Waals surface area contributed by atoms with E-state index in [-0.39, 0.29) is 5.91 Å². The number of hydrogen-bond donors (Lipinski definition) is 0. The van der Waals surface area contributed by atoms with Crippen molar-refractivity contribution in [1.82, 2.24) is 4.90 Å². The van der Waals surface area contributed by atoms with Gasteiger partial charge in [0.25, 0.3) is 5.91 Å². The van der Waals surface area contributed by atoms with E-state index in [1.807, 2.05) is 18.2 Å². The molecule has 9 heteroatoms. The zero-order chi connectivity index (χ0) is 22.8. The third-order valence-corrected chi connectivity index (χ3v) is 8.26. The monoisotopic (exact) mass is 507 g/mol. The van der Waals surface area contributed by atoms with Crippen molar-refractivity contribution in [3.63, 3.8) is 0 Å². The molecule has 0 atom stereocenters. The van der Waals surface area contributed by atoms with Crippen molar-refractivity contribution in [2.45, 2.75) is 31.6 Å². The van der Waals surface area contributed by atoms with Crippen molar-refractivity contribution in [3.05, 3.63) is 56.4 Å². The topological polar surface area (TPSA) is 45.1 Å². The van der Waals surface area contributed by atoms with Gasteiger partial charge in [-0.15, -0.1) is 0 Å². The van der Waals surface area contributed by atoms with Gasteiger partial charge in [-0.1, -0.05) is 48.3 Å². The van der Waals surface area contributed by atoms with E-state index in [1.54, 1.807) is 42.0 Å². The summed E-state index contributed by atoms with van der Waals surface area (Å²) in [6.45, 7) is 5.56. The van der Waals surface area contributed by atoms with Crippen LogP contribution in [0.15, 0.2) is 56.2 Å². The summed E-state index contributed by atoms with van der Waals surface area (Å²) in [5.41, 5.74) is 1.73. The molecular weight excluding hydrogens is 485 g/mol. The van der Waals surface area contributed by atoms with E-state index in [4.69, 9.17) is 32.9 Å². The Balaban J connectivity index is 1.74.